The van der Waals surface area contributed by atoms with Gasteiger partial charge in [-0.2, -0.15) is 0 Å². The fourth-order valence-corrected chi connectivity index (χ4v) is 3.31. The third kappa shape index (κ3) is 4.51. The van der Waals surface area contributed by atoms with Crippen LogP contribution in [-0.4, -0.2) is 24.9 Å². The number of carbonyl (C=O) groups is 2. The van der Waals surface area contributed by atoms with E-state index < -0.39 is 0 Å². The molecule has 2 aromatic carbocycles. The van der Waals surface area contributed by atoms with Gasteiger partial charge in [0.1, 0.15) is 0 Å². The van der Waals surface area contributed by atoms with E-state index in [0.29, 0.717) is 19.5 Å². The molecule has 0 aromatic heterocycles. The fourth-order valence-electron chi connectivity index (χ4n) is 3.31. The lowest BCUT2D eigenvalue weighted by atomic mass is 10.1. The molecule has 0 saturated heterocycles. The van der Waals surface area contributed by atoms with Crippen LogP contribution in [0.25, 0.3) is 0 Å². The standard InChI is InChI=1S/C22H26N2O2/c1-2-24(18-13-7-4-8-14-18)22(26)20-16-19(20)21(25)23-15-9-12-17-10-5-3-6-11-17/h3-8,10-11,13-14,19-20H,2,9,12,15-16H2,1H3,(H,23,25). The second-order valence-corrected chi connectivity index (χ2v) is 6.75. The summed E-state index contributed by atoms with van der Waals surface area (Å²) in [7, 11) is 0. The number of amides is 2. The van der Waals surface area contributed by atoms with Crippen molar-refractivity contribution in [2.45, 2.75) is 26.2 Å². The third-order valence-electron chi connectivity index (χ3n) is 4.88. The van der Waals surface area contributed by atoms with Crippen molar-refractivity contribution in [1.29, 1.82) is 0 Å². The van der Waals surface area contributed by atoms with Gasteiger partial charge >= 0.3 is 0 Å². The molecule has 0 bridgehead atoms. The first-order valence-corrected chi connectivity index (χ1v) is 9.38. The summed E-state index contributed by atoms with van der Waals surface area (Å²) in [6.45, 7) is 3.23. The minimum atomic E-state index is -0.177. The van der Waals surface area contributed by atoms with Crippen LogP contribution in [0.4, 0.5) is 5.69 Å². The number of rotatable bonds is 8. The lowest BCUT2D eigenvalue weighted by molar-refractivity contribution is -0.126. The monoisotopic (exact) mass is 350 g/mol. The first kappa shape index (κ1) is 18.2. The molecule has 1 fully saturated rings. The highest BCUT2D eigenvalue weighted by molar-refractivity contribution is 6.01. The molecule has 1 aliphatic rings. The van der Waals surface area contributed by atoms with E-state index in [1.165, 1.54) is 5.56 Å². The fraction of sp³-hybridized carbons (Fsp3) is 0.364. The van der Waals surface area contributed by atoms with Crippen molar-refractivity contribution in [3.63, 3.8) is 0 Å². The Kier molecular flexibility index (Phi) is 6.05. The second-order valence-electron chi connectivity index (χ2n) is 6.75. The van der Waals surface area contributed by atoms with E-state index in [4.69, 9.17) is 0 Å². The van der Waals surface area contributed by atoms with Crippen molar-refractivity contribution in [3.8, 4) is 0 Å². The zero-order valence-electron chi connectivity index (χ0n) is 15.2. The molecule has 2 unspecified atom stereocenters. The van der Waals surface area contributed by atoms with Crippen molar-refractivity contribution < 1.29 is 9.59 Å². The molecule has 3 rings (SSSR count). The van der Waals surface area contributed by atoms with Crippen molar-refractivity contribution in [2.75, 3.05) is 18.0 Å². The quantitative estimate of drug-likeness (QED) is 0.742. The van der Waals surface area contributed by atoms with Gasteiger partial charge in [-0.05, 0) is 43.9 Å². The molecule has 4 heteroatoms. The predicted molar refractivity (Wildman–Crippen MR) is 104 cm³/mol. The first-order valence-electron chi connectivity index (χ1n) is 9.38. The highest BCUT2D eigenvalue weighted by Gasteiger charge is 2.49. The van der Waals surface area contributed by atoms with Gasteiger partial charge in [0.05, 0.1) is 11.8 Å². The van der Waals surface area contributed by atoms with Gasteiger partial charge in [-0.15, -0.1) is 0 Å². The third-order valence-corrected chi connectivity index (χ3v) is 4.88. The Morgan fingerprint density at radius 3 is 2.31 bits per heavy atom. The maximum Gasteiger partial charge on any atom is 0.230 e. The minimum absolute atomic E-state index is 0.0144. The summed E-state index contributed by atoms with van der Waals surface area (Å²) in [5.74, 6) is -0.273. The van der Waals surface area contributed by atoms with Crippen LogP contribution in [0, 0.1) is 11.8 Å². The van der Waals surface area contributed by atoms with Crippen molar-refractivity contribution in [2.24, 2.45) is 11.8 Å². The summed E-state index contributed by atoms with van der Waals surface area (Å²) in [5, 5.41) is 2.99. The van der Waals surface area contributed by atoms with Crippen molar-refractivity contribution in [3.05, 3.63) is 66.2 Å². The van der Waals surface area contributed by atoms with Crippen LogP contribution in [0.2, 0.25) is 0 Å². The van der Waals surface area contributed by atoms with Gasteiger partial charge in [0.2, 0.25) is 11.8 Å². The Labute approximate surface area is 155 Å². The number of nitrogens with zero attached hydrogens (tertiary/aromatic N) is 1. The van der Waals surface area contributed by atoms with E-state index in [2.05, 4.69) is 17.4 Å². The number of hydrogen-bond acceptors (Lipinski definition) is 2. The number of para-hydroxylation sites is 1. The maximum absolute atomic E-state index is 12.7. The van der Waals surface area contributed by atoms with Crippen LogP contribution < -0.4 is 10.2 Å². The lowest BCUT2D eigenvalue weighted by Gasteiger charge is -2.21. The highest BCUT2D eigenvalue weighted by atomic mass is 16.2. The van der Waals surface area contributed by atoms with Crippen LogP contribution in [0.5, 0.6) is 0 Å². The summed E-state index contributed by atoms with van der Waals surface area (Å²) < 4.78 is 0. The Bertz CT molecular complexity index is 730. The van der Waals surface area contributed by atoms with Crippen molar-refractivity contribution in [1.82, 2.24) is 5.32 Å². The molecule has 26 heavy (non-hydrogen) atoms. The van der Waals surface area contributed by atoms with E-state index in [1.54, 1.807) is 4.90 Å². The molecule has 2 amide bonds. The van der Waals surface area contributed by atoms with Gasteiger partial charge in [-0.25, -0.2) is 0 Å². The van der Waals surface area contributed by atoms with Crippen LogP contribution >= 0.6 is 0 Å². The number of anilines is 1. The Hall–Kier alpha value is -2.62. The van der Waals surface area contributed by atoms with E-state index >= 15 is 0 Å². The molecule has 2 atom stereocenters. The number of aryl methyl sites for hydroxylation is 1. The van der Waals surface area contributed by atoms with Crippen LogP contribution in [0.3, 0.4) is 0 Å². The Balaban J connectivity index is 1.44. The zero-order chi connectivity index (χ0) is 18.4. The SMILES string of the molecule is CCN(C(=O)C1CC1C(=O)NCCCc1ccccc1)c1ccccc1. The summed E-state index contributed by atoms with van der Waals surface area (Å²) in [6, 6.07) is 19.9. The van der Waals surface area contributed by atoms with E-state index in [1.807, 2.05) is 55.5 Å². The van der Waals surface area contributed by atoms with E-state index in [-0.39, 0.29) is 23.7 Å². The largest absolute Gasteiger partial charge is 0.356 e. The molecule has 1 saturated carbocycles. The summed E-state index contributed by atoms with van der Waals surface area (Å²) in [5.41, 5.74) is 2.18. The van der Waals surface area contributed by atoms with Gasteiger partial charge in [0.15, 0.2) is 0 Å². The summed E-state index contributed by atoms with van der Waals surface area (Å²) >= 11 is 0. The highest BCUT2D eigenvalue weighted by Crippen LogP contribution is 2.40. The lowest BCUT2D eigenvalue weighted by Crippen LogP contribution is -2.34. The maximum atomic E-state index is 12.7. The summed E-state index contributed by atoms with van der Waals surface area (Å²) in [4.78, 5) is 26.8. The molecule has 1 aliphatic carbocycles. The van der Waals surface area contributed by atoms with Crippen LogP contribution in [0.15, 0.2) is 60.7 Å². The summed E-state index contributed by atoms with van der Waals surface area (Å²) in [6.07, 6.45) is 2.52. The average molecular weight is 350 g/mol. The molecule has 0 heterocycles. The molecule has 0 radical (unpaired) electrons. The molecular formula is C22H26N2O2. The minimum Gasteiger partial charge on any atom is -0.356 e. The zero-order valence-corrected chi connectivity index (χ0v) is 15.2. The topological polar surface area (TPSA) is 49.4 Å². The molecule has 0 spiro atoms. The molecular weight excluding hydrogens is 324 g/mol. The average Bonchev–Trinajstić information content (AvgIpc) is 3.48. The molecule has 136 valence electrons. The van der Waals surface area contributed by atoms with E-state index in [0.717, 1.165) is 18.5 Å². The van der Waals surface area contributed by atoms with Gasteiger partial charge in [0, 0.05) is 18.8 Å². The normalized spacial score (nSPS) is 18.2. The molecule has 1 N–H and O–H groups in total. The molecule has 4 nitrogen and oxygen atoms in total. The van der Waals surface area contributed by atoms with Gasteiger partial charge in [-0.1, -0.05) is 48.5 Å². The van der Waals surface area contributed by atoms with Gasteiger partial charge in [-0.3, -0.25) is 9.59 Å². The van der Waals surface area contributed by atoms with Crippen molar-refractivity contribution >= 4 is 17.5 Å². The van der Waals surface area contributed by atoms with Gasteiger partial charge in [0.25, 0.3) is 0 Å². The number of benzene rings is 2. The number of nitrogens with one attached hydrogen (secondary N) is 1. The Morgan fingerprint density at radius 2 is 1.65 bits per heavy atom. The molecule has 2 aromatic rings. The number of hydrogen-bond donors (Lipinski definition) is 1. The number of carbonyl (C=O) groups excluding carboxylic acids is 2. The predicted octanol–water partition coefficient (Wildman–Crippen LogP) is 3.42. The second kappa shape index (κ2) is 8.65. The van der Waals surface area contributed by atoms with Crippen LogP contribution in [0.1, 0.15) is 25.3 Å². The smallest absolute Gasteiger partial charge is 0.230 e. The van der Waals surface area contributed by atoms with Crippen LogP contribution in [-0.2, 0) is 16.0 Å². The van der Waals surface area contributed by atoms with E-state index in [9.17, 15) is 9.59 Å². The van der Waals surface area contributed by atoms with Gasteiger partial charge < -0.3 is 10.2 Å². The Morgan fingerprint density at radius 1 is 1.00 bits per heavy atom. The first-order chi connectivity index (χ1) is 12.7. The molecule has 0 aliphatic heterocycles.